The number of carbonyl (C=O) groups is 1. The molecule has 1 saturated carbocycles. The molecule has 3 aliphatic carbocycles. The molecular weight excluding hydrogens is 208 g/mol. The van der Waals surface area contributed by atoms with E-state index in [9.17, 15) is 4.79 Å². The summed E-state index contributed by atoms with van der Waals surface area (Å²) in [6.45, 7) is 4.78. The number of Topliss-reactive ketones (excluding diaryl/α,β-unsaturated/α-hetero) is 1. The maximum atomic E-state index is 12.2. The Morgan fingerprint density at radius 2 is 1.71 bits per heavy atom. The summed E-state index contributed by atoms with van der Waals surface area (Å²) in [6, 6.07) is 0. The quantitative estimate of drug-likeness (QED) is 0.565. The Morgan fingerprint density at radius 1 is 0.941 bits per heavy atom. The van der Waals surface area contributed by atoms with Gasteiger partial charge in [0.15, 0.2) is 0 Å². The molecular formula is C16H24O. The van der Waals surface area contributed by atoms with Crippen molar-refractivity contribution in [2.75, 3.05) is 0 Å². The minimum atomic E-state index is 0.0768. The summed E-state index contributed by atoms with van der Waals surface area (Å²) in [5, 5.41) is 0. The second-order valence-electron chi connectivity index (χ2n) is 7.05. The fraction of sp³-hybridized carbons (Fsp3) is 0.812. The van der Waals surface area contributed by atoms with Gasteiger partial charge < -0.3 is 0 Å². The van der Waals surface area contributed by atoms with Crippen LogP contribution in [0.1, 0.15) is 71.6 Å². The van der Waals surface area contributed by atoms with Gasteiger partial charge in [-0.1, -0.05) is 25.0 Å². The largest absolute Gasteiger partial charge is 0.299 e. The Bertz CT molecular complexity index is 388. The molecule has 1 atom stereocenters. The molecule has 1 unspecified atom stereocenters. The maximum Gasteiger partial charge on any atom is 0.139 e. The fourth-order valence-corrected chi connectivity index (χ4v) is 4.42. The van der Waals surface area contributed by atoms with Crippen molar-refractivity contribution in [1.29, 1.82) is 0 Å². The van der Waals surface area contributed by atoms with Gasteiger partial charge in [-0.25, -0.2) is 0 Å². The van der Waals surface area contributed by atoms with Gasteiger partial charge in [-0.15, -0.1) is 0 Å². The highest BCUT2D eigenvalue weighted by atomic mass is 16.1. The molecule has 1 spiro atoms. The van der Waals surface area contributed by atoms with E-state index in [4.69, 9.17) is 0 Å². The van der Waals surface area contributed by atoms with E-state index >= 15 is 0 Å². The molecule has 94 valence electrons. The highest BCUT2D eigenvalue weighted by Crippen LogP contribution is 2.55. The number of rotatable bonds is 0. The van der Waals surface area contributed by atoms with E-state index in [0.717, 1.165) is 25.7 Å². The van der Waals surface area contributed by atoms with Gasteiger partial charge in [0.25, 0.3) is 0 Å². The predicted molar refractivity (Wildman–Crippen MR) is 69.8 cm³/mol. The van der Waals surface area contributed by atoms with Crippen molar-refractivity contribution in [3.05, 3.63) is 11.1 Å². The minimum absolute atomic E-state index is 0.0768. The first-order valence-corrected chi connectivity index (χ1v) is 7.28. The molecule has 0 N–H and O–H groups in total. The highest BCUT2D eigenvalue weighted by Gasteiger charge is 2.47. The van der Waals surface area contributed by atoms with Crippen LogP contribution in [0.3, 0.4) is 0 Å². The zero-order valence-electron chi connectivity index (χ0n) is 11.3. The molecule has 1 nitrogen and oxygen atoms in total. The van der Waals surface area contributed by atoms with E-state index in [-0.39, 0.29) is 5.41 Å². The van der Waals surface area contributed by atoms with Gasteiger partial charge in [0.05, 0.1) is 0 Å². The standard InChI is InChI=1S/C16H24O/c1-15(2)8-3-5-12-7-10-16(11-13(12)15)9-4-6-14(16)17/h3-11H2,1-2H3. The van der Waals surface area contributed by atoms with Crippen LogP contribution in [0.2, 0.25) is 0 Å². The lowest BCUT2D eigenvalue weighted by molar-refractivity contribution is -0.126. The Morgan fingerprint density at radius 3 is 2.41 bits per heavy atom. The van der Waals surface area contributed by atoms with Crippen molar-refractivity contribution in [1.82, 2.24) is 0 Å². The molecule has 1 fully saturated rings. The fourth-order valence-electron chi connectivity index (χ4n) is 4.42. The predicted octanol–water partition coefficient (Wildman–Crippen LogP) is 4.42. The van der Waals surface area contributed by atoms with E-state index in [2.05, 4.69) is 13.8 Å². The van der Waals surface area contributed by atoms with Crippen LogP contribution in [0, 0.1) is 10.8 Å². The van der Waals surface area contributed by atoms with Crippen LogP contribution in [0.15, 0.2) is 11.1 Å². The number of carbonyl (C=O) groups excluding carboxylic acids is 1. The summed E-state index contributed by atoms with van der Waals surface area (Å²) in [5.41, 5.74) is 3.83. The van der Waals surface area contributed by atoms with E-state index in [1.807, 2.05) is 0 Å². The lowest BCUT2D eigenvalue weighted by atomic mass is 9.60. The second-order valence-corrected chi connectivity index (χ2v) is 7.05. The van der Waals surface area contributed by atoms with Gasteiger partial charge in [-0.05, 0) is 56.8 Å². The first kappa shape index (κ1) is 11.5. The first-order valence-electron chi connectivity index (χ1n) is 7.28. The van der Waals surface area contributed by atoms with Gasteiger partial charge in [-0.3, -0.25) is 4.79 Å². The van der Waals surface area contributed by atoms with Gasteiger partial charge in [0, 0.05) is 11.8 Å². The van der Waals surface area contributed by atoms with E-state index in [0.29, 0.717) is 11.2 Å². The van der Waals surface area contributed by atoms with Gasteiger partial charge >= 0.3 is 0 Å². The lowest BCUT2D eigenvalue weighted by Crippen LogP contribution is -2.35. The van der Waals surface area contributed by atoms with Crippen LogP contribution in [-0.4, -0.2) is 5.78 Å². The summed E-state index contributed by atoms with van der Waals surface area (Å²) in [4.78, 5) is 12.2. The normalized spacial score (nSPS) is 36.5. The molecule has 1 heteroatoms. The molecule has 0 aromatic rings. The van der Waals surface area contributed by atoms with Crippen molar-refractivity contribution in [3.8, 4) is 0 Å². The molecule has 0 aromatic heterocycles. The SMILES string of the molecule is CC1(C)CCCC2=C1CC1(CCCC1=O)CC2. The molecule has 3 aliphatic rings. The average Bonchev–Trinajstić information content (AvgIpc) is 2.62. The van der Waals surface area contributed by atoms with Crippen molar-refractivity contribution >= 4 is 5.78 Å². The number of allylic oxidation sites excluding steroid dienone is 2. The van der Waals surface area contributed by atoms with Crippen molar-refractivity contribution < 1.29 is 4.79 Å². The molecule has 0 bridgehead atoms. The maximum absolute atomic E-state index is 12.2. The molecule has 0 radical (unpaired) electrons. The minimum Gasteiger partial charge on any atom is -0.299 e. The van der Waals surface area contributed by atoms with Crippen LogP contribution >= 0.6 is 0 Å². The van der Waals surface area contributed by atoms with Crippen LogP contribution in [0.25, 0.3) is 0 Å². The summed E-state index contributed by atoms with van der Waals surface area (Å²) >= 11 is 0. The number of hydrogen-bond donors (Lipinski definition) is 0. The Kier molecular flexibility index (Phi) is 2.50. The zero-order valence-corrected chi connectivity index (χ0v) is 11.3. The van der Waals surface area contributed by atoms with Crippen LogP contribution in [0.5, 0.6) is 0 Å². The molecule has 3 rings (SSSR count). The monoisotopic (exact) mass is 232 g/mol. The summed E-state index contributed by atoms with van der Waals surface area (Å²) in [5.74, 6) is 0.574. The molecule has 0 saturated heterocycles. The van der Waals surface area contributed by atoms with Crippen LogP contribution < -0.4 is 0 Å². The molecule has 0 aromatic carbocycles. The number of ketones is 1. The molecule has 0 heterocycles. The highest BCUT2D eigenvalue weighted by molar-refractivity contribution is 5.87. The van der Waals surface area contributed by atoms with Crippen molar-refractivity contribution in [2.24, 2.45) is 10.8 Å². The van der Waals surface area contributed by atoms with Crippen LogP contribution in [-0.2, 0) is 4.79 Å². The van der Waals surface area contributed by atoms with Crippen molar-refractivity contribution in [2.45, 2.75) is 71.6 Å². The summed E-state index contributed by atoms with van der Waals surface area (Å²) in [6.07, 6.45) is 10.6. The topological polar surface area (TPSA) is 17.1 Å². The van der Waals surface area contributed by atoms with Crippen LogP contribution in [0.4, 0.5) is 0 Å². The van der Waals surface area contributed by atoms with Crippen molar-refractivity contribution in [3.63, 3.8) is 0 Å². The lowest BCUT2D eigenvalue weighted by Gasteiger charge is -2.44. The number of hydrogen-bond acceptors (Lipinski definition) is 1. The Balaban J connectivity index is 1.95. The molecule has 0 amide bonds. The third kappa shape index (κ3) is 1.70. The first-order chi connectivity index (χ1) is 8.04. The van der Waals surface area contributed by atoms with Gasteiger partial charge in [0.1, 0.15) is 5.78 Å². The van der Waals surface area contributed by atoms with E-state index in [1.165, 1.54) is 32.1 Å². The smallest absolute Gasteiger partial charge is 0.139 e. The molecule has 0 aliphatic heterocycles. The average molecular weight is 232 g/mol. The van der Waals surface area contributed by atoms with E-state index < -0.39 is 0 Å². The Labute approximate surface area is 105 Å². The van der Waals surface area contributed by atoms with Gasteiger partial charge in [0.2, 0.25) is 0 Å². The molecule has 17 heavy (non-hydrogen) atoms. The second kappa shape index (κ2) is 3.70. The van der Waals surface area contributed by atoms with Gasteiger partial charge in [-0.2, -0.15) is 0 Å². The van der Waals surface area contributed by atoms with E-state index in [1.54, 1.807) is 11.1 Å². The Hall–Kier alpha value is -0.590. The summed E-state index contributed by atoms with van der Waals surface area (Å²) < 4.78 is 0. The third-order valence-electron chi connectivity index (χ3n) is 5.60. The third-order valence-corrected chi connectivity index (χ3v) is 5.60. The summed E-state index contributed by atoms with van der Waals surface area (Å²) in [7, 11) is 0. The zero-order chi connectivity index (χ0) is 12.1.